The molecule has 0 aromatic rings. The number of esters is 1. The van der Waals surface area contributed by atoms with Gasteiger partial charge in [-0.05, 0) is 50.4 Å². The Balaban J connectivity index is 1.59. The number of carboxylic acid groups (broad SMARTS) is 1. The second kappa shape index (κ2) is 10.1. The molecule has 2 aliphatic carbocycles. The third kappa shape index (κ3) is 6.94. The van der Waals surface area contributed by atoms with Crippen LogP contribution in [0.3, 0.4) is 0 Å². The maximum atomic E-state index is 12.1. The first kappa shape index (κ1) is 20.2. The van der Waals surface area contributed by atoms with Gasteiger partial charge in [0.05, 0.1) is 0 Å². The van der Waals surface area contributed by atoms with Crippen LogP contribution in [0, 0.1) is 11.8 Å². The summed E-state index contributed by atoms with van der Waals surface area (Å²) < 4.78 is 5.57. The average molecular weight is 354 g/mol. The molecule has 2 saturated carbocycles. The largest absolute Gasteiger partial charge is 0.480 e. The summed E-state index contributed by atoms with van der Waals surface area (Å²) in [5.74, 6) is -0.0124. The fraction of sp³-hybridized carbons (Fsp3) is 0.895. The number of carbonyl (C=O) groups is 2. The molecule has 2 aliphatic rings. The summed E-state index contributed by atoms with van der Waals surface area (Å²) in [5, 5.41) is 8.82. The van der Waals surface area contributed by atoms with E-state index in [2.05, 4.69) is 0 Å². The van der Waals surface area contributed by atoms with Crippen molar-refractivity contribution in [1.82, 2.24) is 0 Å². The summed E-state index contributed by atoms with van der Waals surface area (Å²) in [6.45, 7) is 0. The van der Waals surface area contributed by atoms with Crippen LogP contribution >= 0.6 is 0 Å². The molecule has 5 N–H and O–H groups in total. The van der Waals surface area contributed by atoms with Crippen LogP contribution < -0.4 is 11.5 Å². The van der Waals surface area contributed by atoms with Crippen LogP contribution in [0.5, 0.6) is 0 Å². The Morgan fingerprint density at radius 1 is 0.960 bits per heavy atom. The normalized spacial score (nSPS) is 26.5. The number of carbonyl (C=O) groups excluding carboxylic acids is 1. The lowest BCUT2D eigenvalue weighted by molar-refractivity contribution is -0.150. The van der Waals surface area contributed by atoms with Crippen molar-refractivity contribution >= 4 is 11.9 Å². The monoisotopic (exact) mass is 354 g/mol. The SMILES string of the molecule is NC(CCC1CCC(OC(=O)C(N)CCCC2CCCC2)C1)C(=O)O. The molecule has 0 aromatic carbocycles. The Labute approximate surface area is 150 Å². The molecule has 6 nitrogen and oxygen atoms in total. The van der Waals surface area contributed by atoms with Gasteiger partial charge in [-0.2, -0.15) is 0 Å². The quantitative estimate of drug-likeness (QED) is 0.519. The number of ether oxygens (including phenoxy) is 1. The molecule has 4 unspecified atom stereocenters. The molecule has 0 amide bonds. The lowest BCUT2D eigenvalue weighted by Gasteiger charge is -2.17. The Morgan fingerprint density at radius 2 is 1.68 bits per heavy atom. The number of nitrogens with two attached hydrogens (primary N) is 2. The zero-order chi connectivity index (χ0) is 18.2. The highest BCUT2D eigenvalue weighted by atomic mass is 16.5. The lowest BCUT2D eigenvalue weighted by Crippen LogP contribution is -2.34. The van der Waals surface area contributed by atoms with Crippen LogP contribution in [-0.2, 0) is 14.3 Å². The van der Waals surface area contributed by atoms with Crippen LogP contribution in [0.4, 0.5) is 0 Å². The number of carboxylic acids is 1. The lowest BCUT2D eigenvalue weighted by atomic mass is 9.98. The molecule has 2 fully saturated rings. The van der Waals surface area contributed by atoms with Gasteiger partial charge in [0.2, 0.25) is 0 Å². The summed E-state index contributed by atoms with van der Waals surface area (Å²) in [6.07, 6.45) is 12.0. The standard InChI is InChI=1S/C19H34N2O4/c20-16(18(22)23)11-9-14-8-10-15(12-14)25-19(24)17(21)7-3-6-13-4-1-2-5-13/h13-17H,1-12,20-21H2,(H,22,23). The van der Waals surface area contributed by atoms with E-state index < -0.39 is 18.1 Å². The van der Waals surface area contributed by atoms with Gasteiger partial charge in [-0.3, -0.25) is 9.59 Å². The van der Waals surface area contributed by atoms with Gasteiger partial charge in [-0.25, -0.2) is 0 Å². The summed E-state index contributed by atoms with van der Waals surface area (Å²) in [4.78, 5) is 22.9. The first-order chi connectivity index (χ1) is 12.0. The van der Waals surface area contributed by atoms with Gasteiger partial charge in [-0.15, -0.1) is 0 Å². The maximum absolute atomic E-state index is 12.1. The molecular formula is C19H34N2O4. The molecule has 0 heterocycles. The van der Waals surface area contributed by atoms with E-state index >= 15 is 0 Å². The fourth-order valence-electron chi connectivity index (χ4n) is 4.23. The summed E-state index contributed by atoms with van der Waals surface area (Å²) in [5.41, 5.74) is 11.5. The second-order valence-corrected chi connectivity index (χ2v) is 7.95. The van der Waals surface area contributed by atoms with Crippen LogP contribution in [-0.4, -0.2) is 35.2 Å². The van der Waals surface area contributed by atoms with Gasteiger partial charge in [0.1, 0.15) is 18.2 Å². The van der Waals surface area contributed by atoms with E-state index in [4.69, 9.17) is 21.3 Å². The summed E-state index contributed by atoms with van der Waals surface area (Å²) >= 11 is 0. The molecule has 25 heavy (non-hydrogen) atoms. The molecule has 0 aliphatic heterocycles. The number of aliphatic carboxylic acids is 1. The highest BCUT2D eigenvalue weighted by Gasteiger charge is 2.29. The van der Waals surface area contributed by atoms with Gasteiger partial charge in [0.25, 0.3) is 0 Å². The first-order valence-corrected chi connectivity index (χ1v) is 9.90. The third-order valence-electron chi connectivity index (χ3n) is 5.88. The van der Waals surface area contributed by atoms with E-state index in [-0.39, 0.29) is 12.1 Å². The maximum Gasteiger partial charge on any atom is 0.323 e. The van der Waals surface area contributed by atoms with Gasteiger partial charge in [0.15, 0.2) is 0 Å². The van der Waals surface area contributed by atoms with Gasteiger partial charge in [0, 0.05) is 0 Å². The van der Waals surface area contributed by atoms with Crippen molar-refractivity contribution in [2.75, 3.05) is 0 Å². The average Bonchev–Trinajstić information content (AvgIpc) is 3.24. The Kier molecular flexibility index (Phi) is 8.16. The zero-order valence-electron chi connectivity index (χ0n) is 15.2. The van der Waals surface area contributed by atoms with E-state index in [1.54, 1.807) is 0 Å². The predicted molar refractivity (Wildman–Crippen MR) is 95.9 cm³/mol. The Bertz CT molecular complexity index is 437. The van der Waals surface area contributed by atoms with E-state index in [1.165, 1.54) is 32.1 Å². The van der Waals surface area contributed by atoms with Crippen LogP contribution in [0.2, 0.25) is 0 Å². The molecule has 4 atom stereocenters. The van der Waals surface area contributed by atoms with Crippen molar-refractivity contribution in [3.05, 3.63) is 0 Å². The van der Waals surface area contributed by atoms with Crippen molar-refractivity contribution in [1.29, 1.82) is 0 Å². The van der Waals surface area contributed by atoms with Crippen molar-refractivity contribution < 1.29 is 19.4 Å². The minimum atomic E-state index is -0.954. The van der Waals surface area contributed by atoms with E-state index in [1.807, 2.05) is 0 Å². The molecule has 0 bridgehead atoms. The molecule has 2 rings (SSSR count). The smallest absolute Gasteiger partial charge is 0.323 e. The van der Waals surface area contributed by atoms with E-state index in [9.17, 15) is 9.59 Å². The van der Waals surface area contributed by atoms with Gasteiger partial charge in [-0.1, -0.05) is 38.5 Å². The van der Waals surface area contributed by atoms with Crippen molar-refractivity contribution in [3.8, 4) is 0 Å². The van der Waals surface area contributed by atoms with Crippen molar-refractivity contribution in [2.45, 2.75) is 95.2 Å². The molecule has 144 valence electrons. The Hall–Kier alpha value is -1.14. The molecule has 0 saturated heterocycles. The molecular weight excluding hydrogens is 320 g/mol. The van der Waals surface area contributed by atoms with E-state index in [0.717, 1.165) is 38.0 Å². The zero-order valence-corrected chi connectivity index (χ0v) is 15.2. The Morgan fingerprint density at radius 3 is 2.36 bits per heavy atom. The molecule has 0 aromatic heterocycles. The van der Waals surface area contributed by atoms with Crippen molar-refractivity contribution in [2.24, 2.45) is 23.3 Å². The van der Waals surface area contributed by atoms with Crippen LogP contribution in [0.15, 0.2) is 0 Å². The molecule has 0 spiro atoms. The number of hydrogen-bond acceptors (Lipinski definition) is 5. The predicted octanol–water partition coefficient (Wildman–Crippen LogP) is 2.58. The minimum Gasteiger partial charge on any atom is -0.480 e. The topological polar surface area (TPSA) is 116 Å². The number of hydrogen-bond donors (Lipinski definition) is 3. The van der Waals surface area contributed by atoms with Crippen molar-refractivity contribution in [3.63, 3.8) is 0 Å². The second-order valence-electron chi connectivity index (χ2n) is 7.95. The summed E-state index contributed by atoms with van der Waals surface area (Å²) in [6, 6.07) is -1.31. The first-order valence-electron chi connectivity index (χ1n) is 9.90. The number of rotatable bonds is 10. The van der Waals surface area contributed by atoms with Crippen LogP contribution in [0.1, 0.15) is 77.0 Å². The highest BCUT2D eigenvalue weighted by molar-refractivity contribution is 5.75. The van der Waals surface area contributed by atoms with Gasteiger partial charge >= 0.3 is 11.9 Å². The minimum absolute atomic E-state index is 0.0700. The van der Waals surface area contributed by atoms with Gasteiger partial charge < -0.3 is 21.3 Å². The summed E-state index contributed by atoms with van der Waals surface area (Å²) in [7, 11) is 0. The third-order valence-corrected chi connectivity index (χ3v) is 5.88. The molecule has 0 radical (unpaired) electrons. The highest BCUT2D eigenvalue weighted by Crippen LogP contribution is 2.32. The van der Waals surface area contributed by atoms with E-state index in [0.29, 0.717) is 18.8 Å². The van der Waals surface area contributed by atoms with Crippen LogP contribution in [0.25, 0.3) is 0 Å². The fourth-order valence-corrected chi connectivity index (χ4v) is 4.23. The molecule has 6 heteroatoms.